The van der Waals surface area contributed by atoms with E-state index in [0.29, 0.717) is 5.56 Å². The Hall–Kier alpha value is -1.49. The number of hydrogen-bond acceptors (Lipinski definition) is 2. The number of aliphatic carboxylic acids is 1. The van der Waals surface area contributed by atoms with Gasteiger partial charge in [0, 0.05) is 18.0 Å². The van der Waals surface area contributed by atoms with E-state index in [1.54, 1.807) is 0 Å². The number of carboxylic acids is 1. The summed E-state index contributed by atoms with van der Waals surface area (Å²) in [5, 5.41) is 8.54. The van der Waals surface area contributed by atoms with Gasteiger partial charge in [0.15, 0.2) is 0 Å². The van der Waals surface area contributed by atoms with Crippen LogP contribution < -0.4 is 5.73 Å². The van der Waals surface area contributed by atoms with E-state index in [2.05, 4.69) is 0 Å². The number of alkyl halides is 1. The van der Waals surface area contributed by atoms with Gasteiger partial charge in [0.05, 0.1) is 0 Å². The van der Waals surface area contributed by atoms with Crippen LogP contribution in [-0.2, 0) is 4.79 Å². The van der Waals surface area contributed by atoms with Crippen LogP contribution in [0.5, 0.6) is 0 Å². The molecule has 17 heavy (non-hydrogen) atoms. The van der Waals surface area contributed by atoms with Gasteiger partial charge in [0.2, 0.25) is 0 Å². The molecule has 0 aromatic heterocycles. The van der Waals surface area contributed by atoms with Crippen molar-refractivity contribution in [3.63, 3.8) is 0 Å². The van der Waals surface area contributed by atoms with E-state index < -0.39 is 24.0 Å². The summed E-state index contributed by atoms with van der Waals surface area (Å²) in [6.07, 6.45) is -1.45. The van der Waals surface area contributed by atoms with Crippen molar-refractivity contribution in [1.82, 2.24) is 0 Å². The highest BCUT2D eigenvalue weighted by Crippen LogP contribution is 2.29. The number of rotatable bonds is 5. The van der Waals surface area contributed by atoms with Gasteiger partial charge in [-0.25, -0.2) is 8.78 Å². The number of hydrogen-bond donors (Lipinski definition) is 2. The fourth-order valence-electron chi connectivity index (χ4n) is 1.73. The van der Waals surface area contributed by atoms with E-state index in [0.717, 1.165) is 0 Å². The number of halogens is 2. The van der Waals surface area contributed by atoms with E-state index in [9.17, 15) is 13.6 Å². The minimum Gasteiger partial charge on any atom is -0.481 e. The number of nitrogens with two attached hydrogens (primary N) is 1. The van der Waals surface area contributed by atoms with Gasteiger partial charge in [-0.15, -0.1) is 0 Å². The van der Waals surface area contributed by atoms with Crippen LogP contribution in [-0.4, -0.2) is 11.1 Å². The first-order valence-electron chi connectivity index (χ1n) is 5.33. The van der Waals surface area contributed by atoms with Crippen LogP contribution in [0.1, 0.15) is 43.1 Å². The molecule has 0 fully saturated rings. The van der Waals surface area contributed by atoms with Crippen LogP contribution in [0, 0.1) is 5.82 Å². The molecule has 0 amide bonds. The van der Waals surface area contributed by atoms with Crippen molar-refractivity contribution in [1.29, 1.82) is 0 Å². The fourth-order valence-corrected chi connectivity index (χ4v) is 1.73. The molecule has 0 aliphatic carbocycles. The van der Waals surface area contributed by atoms with Crippen molar-refractivity contribution >= 4 is 5.97 Å². The van der Waals surface area contributed by atoms with Crippen molar-refractivity contribution in [2.75, 3.05) is 0 Å². The van der Waals surface area contributed by atoms with Crippen molar-refractivity contribution in [2.24, 2.45) is 5.73 Å². The Morgan fingerprint density at radius 1 is 1.53 bits per heavy atom. The SMILES string of the molecule is CC(F)c1c(F)cccc1C(N)CCC(=O)O. The summed E-state index contributed by atoms with van der Waals surface area (Å²) in [6.45, 7) is 1.23. The van der Waals surface area contributed by atoms with Crippen LogP contribution in [0.3, 0.4) is 0 Å². The Kier molecular flexibility index (Phi) is 4.57. The first-order valence-corrected chi connectivity index (χ1v) is 5.33. The van der Waals surface area contributed by atoms with Crippen LogP contribution in [0.25, 0.3) is 0 Å². The zero-order chi connectivity index (χ0) is 13.0. The maximum absolute atomic E-state index is 13.4. The zero-order valence-corrected chi connectivity index (χ0v) is 9.49. The molecule has 0 bridgehead atoms. The summed E-state index contributed by atoms with van der Waals surface area (Å²) < 4.78 is 26.8. The normalized spacial score (nSPS) is 14.4. The van der Waals surface area contributed by atoms with Gasteiger partial charge in [0.1, 0.15) is 12.0 Å². The first kappa shape index (κ1) is 13.6. The highest BCUT2D eigenvalue weighted by molar-refractivity contribution is 5.66. The third-order valence-electron chi connectivity index (χ3n) is 2.55. The Bertz CT molecular complexity index is 407. The first-order chi connectivity index (χ1) is 7.93. The van der Waals surface area contributed by atoms with Gasteiger partial charge in [-0.3, -0.25) is 4.79 Å². The lowest BCUT2D eigenvalue weighted by Gasteiger charge is -2.17. The van der Waals surface area contributed by atoms with Crippen molar-refractivity contribution in [2.45, 2.75) is 32.0 Å². The summed E-state index contributed by atoms with van der Waals surface area (Å²) in [6, 6.07) is 3.46. The summed E-state index contributed by atoms with van der Waals surface area (Å²) in [7, 11) is 0. The molecule has 0 aliphatic heterocycles. The lowest BCUT2D eigenvalue weighted by Crippen LogP contribution is -2.15. The van der Waals surface area contributed by atoms with Crippen molar-refractivity contribution in [3.8, 4) is 0 Å². The molecule has 0 radical (unpaired) electrons. The van der Waals surface area contributed by atoms with Gasteiger partial charge in [-0.2, -0.15) is 0 Å². The molecule has 0 spiro atoms. The number of carboxylic acid groups (broad SMARTS) is 1. The molecule has 0 aliphatic rings. The Morgan fingerprint density at radius 3 is 2.71 bits per heavy atom. The Morgan fingerprint density at radius 2 is 2.18 bits per heavy atom. The van der Waals surface area contributed by atoms with Crippen molar-refractivity contribution in [3.05, 3.63) is 35.1 Å². The monoisotopic (exact) mass is 243 g/mol. The molecule has 0 heterocycles. The molecule has 3 nitrogen and oxygen atoms in total. The number of benzene rings is 1. The van der Waals surface area contributed by atoms with E-state index in [1.165, 1.54) is 25.1 Å². The summed E-state index contributed by atoms with van der Waals surface area (Å²) in [5.41, 5.74) is 6.01. The van der Waals surface area contributed by atoms with Crippen LogP contribution in [0.4, 0.5) is 8.78 Å². The molecule has 2 atom stereocenters. The van der Waals surface area contributed by atoms with Gasteiger partial charge >= 0.3 is 5.97 Å². The van der Waals surface area contributed by atoms with Gasteiger partial charge < -0.3 is 10.8 Å². The van der Waals surface area contributed by atoms with Gasteiger partial charge in [-0.1, -0.05) is 12.1 Å². The van der Waals surface area contributed by atoms with Crippen molar-refractivity contribution < 1.29 is 18.7 Å². The third-order valence-corrected chi connectivity index (χ3v) is 2.55. The van der Waals surface area contributed by atoms with E-state index in [4.69, 9.17) is 10.8 Å². The average Bonchev–Trinajstić information content (AvgIpc) is 2.24. The highest BCUT2D eigenvalue weighted by atomic mass is 19.1. The van der Waals surface area contributed by atoms with Crippen LogP contribution >= 0.6 is 0 Å². The molecule has 5 heteroatoms. The van der Waals surface area contributed by atoms with E-state index >= 15 is 0 Å². The molecule has 0 saturated heterocycles. The van der Waals surface area contributed by atoms with Crippen LogP contribution in [0.15, 0.2) is 18.2 Å². The Labute approximate surface area is 98.2 Å². The second kappa shape index (κ2) is 5.72. The molecule has 3 N–H and O–H groups in total. The molecule has 2 unspecified atom stereocenters. The minimum absolute atomic E-state index is 0.0783. The second-order valence-electron chi connectivity index (χ2n) is 3.90. The lowest BCUT2D eigenvalue weighted by atomic mass is 9.95. The smallest absolute Gasteiger partial charge is 0.303 e. The minimum atomic E-state index is -1.47. The summed E-state index contributed by atoms with van der Waals surface area (Å²) >= 11 is 0. The molecule has 1 rings (SSSR count). The second-order valence-corrected chi connectivity index (χ2v) is 3.90. The summed E-state index contributed by atoms with van der Waals surface area (Å²) in [5.74, 6) is -1.63. The highest BCUT2D eigenvalue weighted by Gasteiger charge is 2.19. The molecular formula is C12H15F2NO2. The van der Waals surface area contributed by atoms with Gasteiger partial charge in [-0.05, 0) is 25.0 Å². The average molecular weight is 243 g/mol. The van der Waals surface area contributed by atoms with Gasteiger partial charge in [0.25, 0.3) is 0 Å². The predicted octanol–water partition coefficient (Wildman–Crippen LogP) is 2.72. The Balaban J connectivity index is 2.96. The molecule has 1 aromatic carbocycles. The molecular weight excluding hydrogens is 228 g/mol. The molecule has 94 valence electrons. The quantitative estimate of drug-likeness (QED) is 0.835. The maximum atomic E-state index is 13.4. The van der Waals surface area contributed by atoms with E-state index in [-0.39, 0.29) is 18.4 Å². The largest absolute Gasteiger partial charge is 0.481 e. The number of carbonyl (C=O) groups is 1. The van der Waals surface area contributed by atoms with E-state index in [1.807, 2.05) is 0 Å². The summed E-state index contributed by atoms with van der Waals surface area (Å²) in [4.78, 5) is 10.4. The fraction of sp³-hybridized carbons (Fsp3) is 0.417. The lowest BCUT2D eigenvalue weighted by molar-refractivity contribution is -0.137. The standard InChI is InChI=1S/C12H15F2NO2/c1-7(13)12-8(3-2-4-9(12)14)10(15)5-6-11(16)17/h2-4,7,10H,5-6,15H2,1H3,(H,16,17). The molecule has 1 aromatic rings. The third kappa shape index (κ3) is 3.49. The predicted molar refractivity (Wildman–Crippen MR) is 59.7 cm³/mol. The topological polar surface area (TPSA) is 63.3 Å². The van der Waals surface area contributed by atoms with Crippen LogP contribution in [0.2, 0.25) is 0 Å². The maximum Gasteiger partial charge on any atom is 0.303 e. The molecule has 0 saturated carbocycles. The zero-order valence-electron chi connectivity index (χ0n) is 9.49.